The highest BCUT2D eigenvalue weighted by atomic mass is 16.5. The third kappa shape index (κ3) is 5.13. The third-order valence-corrected chi connectivity index (χ3v) is 5.14. The van der Waals surface area contributed by atoms with E-state index < -0.39 is 17.7 Å². The summed E-state index contributed by atoms with van der Waals surface area (Å²) in [6.45, 7) is 8.43. The van der Waals surface area contributed by atoms with Crippen LogP contribution in [-0.4, -0.2) is 28.9 Å². The molecule has 0 heterocycles. The molecule has 144 valence electrons. The number of nitrogens with one attached hydrogen (secondary N) is 2. The number of amides is 2. The van der Waals surface area contributed by atoms with E-state index in [-0.39, 0.29) is 24.0 Å². The minimum absolute atomic E-state index is 0.0517. The second-order valence-corrected chi connectivity index (χ2v) is 8.40. The molecule has 2 amide bonds. The summed E-state index contributed by atoms with van der Waals surface area (Å²) in [5, 5.41) is 14.9. The van der Waals surface area contributed by atoms with Crippen molar-refractivity contribution < 1.29 is 19.4 Å². The Kier molecular flexibility index (Phi) is 6.16. The van der Waals surface area contributed by atoms with Crippen molar-refractivity contribution >= 4 is 12.2 Å². The first kappa shape index (κ1) is 20.1. The number of alkyl carbamates (subject to hydrolysis) is 1. The van der Waals surface area contributed by atoms with Gasteiger partial charge < -0.3 is 20.5 Å². The predicted octanol–water partition coefficient (Wildman–Crippen LogP) is 4.15. The molecule has 0 aromatic heterocycles. The highest BCUT2D eigenvalue weighted by Crippen LogP contribution is 2.44. The van der Waals surface area contributed by atoms with E-state index in [4.69, 9.17) is 4.74 Å². The first-order chi connectivity index (χ1) is 12.1. The fourth-order valence-electron chi connectivity index (χ4n) is 4.46. The molecule has 3 atom stereocenters. The molecular formula is C20H30N2O4. The molecule has 6 nitrogen and oxygen atoms in total. The van der Waals surface area contributed by atoms with Crippen molar-refractivity contribution in [1.82, 2.24) is 10.6 Å². The summed E-state index contributed by atoms with van der Waals surface area (Å²) in [4.78, 5) is 23.6. The predicted molar refractivity (Wildman–Crippen MR) is 99.9 cm³/mol. The largest absolute Gasteiger partial charge is 0.465 e. The quantitative estimate of drug-likeness (QED) is 0.751. The number of carbonyl (C=O) groups is 2. The van der Waals surface area contributed by atoms with E-state index in [2.05, 4.69) is 31.4 Å². The summed E-state index contributed by atoms with van der Waals surface area (Å²) >= 11 is 0. The van der Waals surface area contributed by atoms with Crippen LogP contribution in [0.1, 0.15) is 52.5 Å². The second-order valence-electron chi connectivity index (χ2n) is 8.40. The lowest BCUT2D eigenvalue weighted by atomic mass is 9.60. The molecular weight excluding hydrogens is 332 g/mol. The van der Waals surface area contributed by atoms with Crippen LogP contribution in [0.25, 0.3) is 0 Å². The summed E-state index contributed by atoms with van der Waals surface area (Å²) in [6, 6.07) is 9.31. The Balaban J connectivity index is 2.10. The number of benzene rings is 1. The highest BCUT2D eigenvalue weighted by molar-refractivity contribution is 5.68. The van der Waals surface area contributed by atoms with Gasteiger partial charge in [0, 0.05) is 17.5 Å². The van der Waals surface area contributed by atoms with E-state index in [0.717, 1.165) is 24.8 Å². The van der Waals surface area contributed by atoms with Crippen LogP contribution in [-0.2, 0) is 11.3 Å². The lowest BCUT2D eigenvalue weighted by Gasteiger charge is -2.52. The topological polar surface area (TPSA) is 87.7 Å². The first-order valence-electron chi connectivity index (χ1n) is 9.10. The van der Waals surface area contributed by atoms with Crippen molar-refractivity contribution in [3.63, 3.8) is 0 Å². The van der Waals surface area contributed by atoms with Crippen molar-refractivity contribution in [3.8, 4) is 0 Å². The van der Waals surface area contributed by atoms with Gasteiger partial charge in [0.2, 0.25) is 0 Å². The Labute approximate surface area is 155 Å². The molecule has 26 heavy (non-hydrogen) atoms. The number of hydrogen-bond acceptors (Lipinski definition) is 3. The van der Waals surface area contributed by atoms with E-state index in [1.807, 2.05) is 37.3 Å². The van der Waals surface area contributed by atoms with Gasteiger partial charge in [0.05, 0.1) is 0 Å². The van der Waals surface area contributed by atoms with Crippen molar-refractivity contribution in [2.45, 2.75) is 65.1 Å². The SMILES string of the molecule is CC(C)(C)[C@@H]1[C@@H](NC(=O)O)CCC[C@@]1(C)NC(=O)OCc1ccccc1. The summed E-state index contributed by atoms with van der Waals surface area (Å²) < 4.78 is 5.39. The average Bonchev–Trinajstić information content (AvgIpc) is 2.51. The number of hydrogen-bond donors (Lipinski definition) is 3. The van der Waals surface area contributed by atoms with Crippen LogP contribution >= 0.6 is 0 Å². The zero-order chi connectivity index (χ0) is 19.4. The summed E-state index contributed by atoms with van der Waals surface area (Å²) in [5.74, 6) is -0.0517. The molecule has 1 fully saturated rings. The van der Waals surface area contributed by atoms with E-state index in [9.17, 15) is 14.7 Å². The van der Waals surface area contributed by atoms with Crippen LogP contribution in [0.4, 0.5) is 9.59 Å². The fourth-order valence-corrected chi connectivity index (χ4v) is 4.46. The lowest BCUT2D eigenvalue weighted by molar-refractivity contribution is 0.0285. The van der Waals surface area contributed by atoms with E-state index >= 15 is 0 Å². The molecule has 1 aliphatic carbocycles. The molecule has 0 radical (unpaired) electrons. The maximum atomic E-state index is 12.4. The lowest BCUT2D eigenvalue weighted by Crippen LogP contribution is -2.64. The molecule has 1 saturated carbocycles. The minimum atomic E-state index is -1.03. The van der Waals surface area contributed by atoms with Gasteiger partial charge in [-0.2, -0.15) is 0 Å². The van der Waals surface area contributed by atoms with Gasteiger partial charge in [-0.3, -0.25) is 0 Å². The first-order valence-corrected chi connectivity index (χ1v) is 9.10. The third-order valence-electron chi connectivity index (χ3n) is 5.14. The maximum absolute atomic E-state index is 12.4. The van der Waals surface area contributed by atoms with Gasteiger partial charge in [-0.05, 0) is 37.2 Å². The molecule has 1 aliphatic rings. The van der Waals surface area contributed by atoms with Gasteiger partial charge >= 0.3 is 12.2 Å². The van der Waals surface area contributed by atoms with E-state index in [1.165, 1.54) is 0 Å². The number of carbonyl (C=O) groups excluding carboxylic acids is 1. The van der Waals surface area contributed by atoms with Gasteiger partial charge in [-0.25, -0.2) is 9.59 Å². The number of ether oxygens (including phenoxy) is 1. The Morgan fingerprint density at radius 3 is 2.50 bits per heavy atom. The van der Waals surface area contributed by atoms with Crippen LogP contribution in [0.3, 0.4) is 0 Å². The maximum Gasteiger partial charge on any atom is 0.407 e. The van der Waals surface area contributed by atoms with Crippen LogP contribution in [0, 0.1) is 11.3 Å². The van der Waals surface area contributed by atoms with Gasteiger partial charge in [0.1, 0.15) is 6.61 Å². The molecule has 0 unspecified atom stereocenters. The zero-order valence-electron chi connectivity index (χ0n) is 16.0. The van der Waals surface area contributed by atoms with Crippen LogP contribution in [0.15, 0.2) is 30.3 Å². The van der Waals surface area contributed by atoms with Gasteiger partial charge in [-0.1, -0.05) is 51.1 Å². The zero-order valence-corrected chi connectivity index (χ0v) is 16.0. The van der Waals surface area contributed by atoms with Crippen LogP contribution in [0.5, 0.6) is 0 Å². The van der Waals surface area contributed by atoms with Gasteiger partial charge in [-0.15, -0.1) is 0 Å². The van der Waals surface area contributed by atoms with Crippen molar-refractivity contribution in [3.05, 3.63) is 35.9 Å². The normalized spacial score (nSPS) is 26.0. The highest BCUT2D eigenvalue weighted by Gasteiger charge is 2.49. The summed E-state index contributed by atoms with van der Waals surface area (Å²) in [6.07, 6.45) is 0.895. The molecule has 3 N–H and O–H groups in total. The van der Waals surface area contributed by atoms with Crippen molar-refractivity contribution in [2.75, 3.05) is 0 Å². The average molecular weight is 362 g/mol. The number of rotatable bonds is 4. The Morgan fingerprint density at radius 2 is 1.92 bits per heavy atom. The number of carboxylic acid groups (broad SMARTS) is 1. The van der Waals surface area contributed by atoms with E-state index in [1.54, 1.807) is 0 Å². The Bertz CT molecular complexity index is 626. The summed E-state index contributed by atoms with van der Waals surface area (Å²) in [5.41, 5.74) is 0.195. The van der Waals surface area contributed by atoms with Gasteiger partial charge in [0.15, 0.2) is 0 Å². The molecule has 0 saturated heterocycles. The second kappa shape index (κ2) is 7.98. The summed E-state index contributed by atoms with van der Waals surface area (Å²) in [7, 11) is 0. The van der Waals surface area contributed by atoms with Crippen molar-refractivity contribution in [1.29, 1.82) is 0 Å². The van der Waals surface area contributed by atoms with Gasteiger partial charge in [0.25, 0.3) is 0 Å². The molecule has 0 aliphatic heterocycles. The molecule has 1 aromatic carbocycles. The molecule has 6 heteroatoms. The molecule has 2 rings (SSSR count). The Hall–Kier alpha value is -2.24. The van der Waals surface area contributed by atoms with Crippen LogP contribution < -0.4 is 10.6 Å². The van der Waals surface area contributed by atoms with Crippen LogP contribution in [0.2, 0.25) is 0 Å². The monoisotopic (exact) mass is 362 g/mol. The molecule has 0 bridgehead atoms. The van der Waals surface area contributed by atoms with Crippen molar-refractivity contribution in [2.24, 2.45) is 11.3 Å². The smallest absolute Gasteiger partial charge is 0.407 e. The fraction of sp³-hybridized carbons (Fsp3) is 0.600. The van der Waals surface area contributed by atoms with E-state index in [0.29, 0.717) is 0 Å². The standard InChI is InChI=1S/C20H30N2O4/c1-19(2,3)16-15(21-17(23)24)11-8-12-20(16,4)22-18(25)26-13-14-9-6-5-7-10-14/h5-7,9-10,15-16,21H,8,11-13H2,1-4H3,(H,22,25)(H,23,24)/t15-,16-,20+/m0/s1. The molecule has 1 aromatic rings. The Morgan fingerprint density at radius 1 is 1.27 bits per heavy atom. The molecule has 0 spiro atoms. The minimum Gasteiger partial charge on any atom is -0.465 e.